The summed E-state index contributed by atoms with van der Waals surface area (Å²) in [5, 5.41) is 23.5. The van der Waals surface area contributed by atoms with Crippen molar-refractivity contribution in [1.29, 1.82) is 0 Å². The Bertz CT molecular complexity index is 1340. The molecule has 4 heterocycles. The van der Waals surface area contributed by atoms with E-state index in [9.17, 15) is 23.8 Å². The molecule has 0 amide bonds. The summed E-state index contributed by atoms with van der Waals surface area (Å²) < 4.78 is 36.1. The number of alkyl halides is 1. The molecule has 9 nitrogen and oxygen atoms in total. The molecule has 198 valence electrons. The van der Waals surface area contributed by atoms with Crippen LogP contribution in [-0.2, 0) is 11.3 Å². The molecule has 4 atom stereocenters. The number of likely N-dealkylation sites (tertiary alicyclic amines) is 1. The fourth-order valence-electron chi connectivity index (χ4n) is 5.15. The first-order chi connectivity index (χ1) is 17.7. The molecule has 5 rings (SSSR count). The molecular formula is C26H31F2N5O4. The number of aliphatic hydroxyl groups excluding tert-OH is 2. The highest BCUT2D eigenvalue weighted by molar-refractivity contribution is 5.84. The lowest BCUT2D eigenvalue weighted by Gasteiger charge is -2.28. The predicted molar refractivity (Wildman–Crippen MR) is 135 cm³/mol. The van der Waals surface area contributed by atoms with Crippen molar-refractivity contribution in [3.8, 4) is 11.3 Å². The van der Waals surface area contributed by atoms with E-state index in [1.807, 2.05) is 18.4 Å². The maximum atomic E-state index is 14.9. The van der Waals surface area contributed by atoms with Crippen LogP contribution in [0.3, 0.4) is 0 Å². The van der Waals surface area contributed by atoms with Gasteiger partial charge in [-0.2, -0.15) is 0 Å². The number of halogens is 2. The molecule has 1 aromatic carbocycles. The number of fused-ring (bicyclic) bond motifs is 1. The number of aliphatic hydroxyl groups is 2. The number of benzene rings is 1. The van der Waals surface area contributed by atoms with Gasteiger partial charge in [-0.3, -0.25) is 9.69 Å². The quantitative estimate of drug-likeness (QED) is 0.458. The van der Waals surface area contributed by atoms with Gasteiger partial charge in [-0.15, -0.1) is 0 Å². The van der Waals surface area contributed by atoms with Crippen LogP contribution in [0.5, 0.6) is 0 Å². The molecule has 3 N–H and O–H groups in total. The van der Waals surface area contributed by atoms with Crippen LogP contribution in [0.1, 0.15) is 32.0 Å². The van der Waals surface area contributed by atoms with Gasteiger partial charge in [0, 0.05) is 55.0 Å². The second-order valence-corrected chi connectivity index (χ2v) is 10.0. The van der Waals surface area contributed by atoms with Gasteiger partial charge in [-0.25, -0.2) is 18.7 Å². The molecule has 0 saturated carbocycles. The number of β-amino-alcohol motifs (C(OH)–C–C–N with tert-alkyl or cyclic N) is 1. The first-order valence-corrected chi connectivity index (χ1v) is 12.5. The molecular weight excluding hydrogens is 484 g/mol. The standard InChI is InChI=1S/C26H31F2N5O4/c1-14(2)33-16(10-32-11-19(28)23(35)12-32)8-22(34)17-4-3-15(7-21(17)33)25-18(27)9-29-26(31-25)30-20-5-6-37-13-24(20)36/h3-4,7-9,14,19-20,23-24,35-36H,5-6,10-13H2,1-2H3,(H,29,30,31)/t19-,20+,23+,24+/m0/s1. The maximum absolute atomic E-state index is 14.9. The lowest BCUT2D eigenvalue weighted by molar-refractivity contribution is -0.0136. The van der Waals surface area contributed by atoms with Crippen LogP contribution in [0.4, 0.5) is 14.7 Å². The normalized spacial score (nSPS) is 24.7. The van der Waals surface area contributed by atoms with Gasteiger partial charge in [-0.05, 0) is 32.4 Å². The van der Waals surface area contributed by atoms with Crippen molar-refractivity contribution in [2.24, 2.45) is 0 Å². The number of nitrogens with one attached hydrogen (secondary N) is 1. The average molecular weight is 516 g/mol. The molecule has 3 aromatic rings. The van der Waals surface area contributed by atoms with E-state index in [4.69, 9.17) is 4.74 Å². The van der Waals surface area contributed by atoms with Crippen LogP contribution in [0, 0.1) is 5.82 Å². The maximum Gasteiger partial charge on any atom is 0.223 e. The summed E-state index contributed by atoms with van der Waals surface area (Å²) in [7, 11) is 0. The number of hydrogen-bond acceptors (Lipinski definition) is 8. The van der Waals surface area contributed by atoms with Gasteiger partial charge >= 0.3 is 0 Å². The van der Waals surface area contributed by atoms with Crippen molar-refractivity contribution in [2.45, 2.75) is 57.3 Å². The molecule has 2 aliphatic heterocycles. The Hall–Kier alpha value is -2.99. The first-order valence-electron chi connectivity index (χ1n) is 12.5. The van der Waals surface area contributed by atoms with Crippen LogP contribution < -0.4 is 10.7 Å². The molecule has 11 heteroatoms. The summed E-state index contributed by atoms with van der Waals surface area (Å²) in [6.45, 7) is 5.23. The largest absolute Gasteiger partial charge is 0.389 e. The number of hydrogen-bond donors (Lipinski definition) is 3. The average Bonchev–Trinajstić information content (AvgIpc) is 3.17. The van der Waals surface area contributed by atoms with Gasteiger partial charge in [0.25, 0.3) is 0 Å². The number of nitrogens with zero attached hydrogens (tertiary/aromatic N) is 4. The minimum atomic E-state index is -1.32. The van der Waals surface area contributed by atoms with Crippen molar-refractivity contribution in [3.05, 3.63) is 52.2 Å². The number of aromatic nitrogens is 3. The van der Waals surface area contributed by atoms with E-state index in [1.54, 1.807) is 29.2 Å². The molecule has 2 aromatic heterocycles. The summed E-state index contributed by atoms with van der Waals surface area (Å²) in [6, 6.07) is 6.22. The van der Waals surface area contributed by atoms with Gasteiger partial charge in [0.1, 0.15) is 11.9 Å². The van der Waals surface area contributed by atoms with E-state index in [1.165, 1.54) is 0 Å². The number of anilines is 1. The summed E-state index contributed by atoms with van der Waals surface area (Å²) in [4.78, 5) is 23.2. The lowest BCUT2D eigenvalue weighted by atomic mass is 10.1. The van der Waals surface area contributed by atoms with Crippen LogP contribution in [0.25, 0.3) is 22.2 Å². The van der Waals surface area contributed by atoms with E-state index in [2.05, 4.69) is 15.3 Å². The topological polar surface area (TPSA) is 113 Å². The van der Waals surface area contributed by atoms with Crippen molar-refractivity contribution < 1.29 is 23.7 Å². The van der Waals surface area contributed by atoms with Crippen molar-refractivity contribution in [3.63, 3.8) is 0 Å². The molecule has 0 bridgehead atoms. The van der Waals surface area contributed by atoms with Gasteiger partial charge in [0.2, 0.25) is 5.95 Å². The molecule has 0 unspecified atom stereocenters. The summed E-state index contributed by atoms with van der Waals surface area (Å²) >= 11 is 0. The number of ether oxygens (including phenoxy) is 1. The van der Waals surface area contributed by atoms with Crippen LogP contribution >= 0.6 is 0 Å². The fourth-order valence-corrected chi connectivity index (χ4v) is 5.15. The number of pyridine rings is 1. The predicted octanol–water partition coefficient (Wildman–Crippen LogP) is 2.25. The zero-order valence-electron chi connectivity index (χ0n) is 20.8. The third-order valence-electron chi connectivity index (χ3n) is 6.99. The Labute approximate surface area is 212 Å². The zero-order chi connectivity index (χ0) is 26.3. The van der Waals surface area contributed by atoms with E-state index < -0.39 is 24.2 Å². The third kappa shape index (κ3) is 5.22. The minimum absolute atomic E-state index is 0.0514. The van der Waals surface area contributed by atoms with Crippen molar-refractivity contribution >= 4 is 16.9 Å². The molecule has 2 fully saturated rings. The highest BCUT2D eigenvalue weighted by Crippen LogP contribution is 2.28. The Morgan fingerprint density at radius 2 is 2.03 bits per heavy atom. The van der Waals surface area contributed by atoms with E-state index in [0.29, 0.717) is 41.7 Å². The number of rotatable bonds is 6. The van der Waals surface area contributed by atoms with Gasteiger partial charge in [-0.1, -0.05) is 6.07 Å². The monoisotopic (exact) mass is 515 g/mol. The Kier molecular flexibility index (Phi) is 7.21. The van der Waals surface area contributed by atoms with Gasteiger partial charge < -0.3 is 24.8 Å². The molecule has 0 aliphatic carbocycles. The summed E-state index contributed by atoms with van der Waals surface area (Å²) in [6.07, 6.45) is -1.45. The van der Waals surface area contributed by atoms with Crippen LogP contribution in [0.15, 0.2) is 35.3 Å². The Morgan fingerprint density at radius 1 is 1.22 bits per heavy atom. The Balaban J connectivity index is 1.54. The molecule has 2 aliphatic rings. The van der Waals surface area contributed by atoms with Crippen molar-refractivity contribution in [2.75, 3.05) is 31.6 Å². The Morgan fingerprint density at radius 3 is 2.73 bits per heavy atom. The van der Waals surface area contributed by atoms with Crippen molar-refractivity contribution in [1.82, 2.24) is 19.4 Å². The van der Waals surface area contributed by atoms with E-state index in [-0.39, 0.29) is 48.9 Å². The molecule has 37 heavy (non-hydrogen) atoms. The molecule has 2 saturated heterocycles. The second kappa shape index (κ2) is 10.4. The highest BCUT2D eigenvalue weighted by Gasteiger charge is 2.32. The van der Waals surface area contributed by atoms with E-state index in [0.717, 1.165) is 6.20 Å². The SMILES string of the molecule is CC(C)n1c(CN2C[C@@H](O)[C@@H](F)C2)cc(=O)c2ccc(-c3nc(N[C@@H]4CCOC[C@H]4O)ncc3F)cc21. The first kappa shape index (κ1) is 25.7. The van der Waals surface area contributed by atoms with Crippen LogP contribution in [0.2, 0.25) is 0 Å². The highest BCUT2D eigenvalue weighted by atomic mass is 19.1. The summed E-state index contributed by atoms with van der Waals surface area (Å²) in [5.74, 6) is -0.433. The van der Waals surface area contributed by atoms with E-state index >= 15 is 0 Å². The smallest absolute Gasteiger partial charge is 0.223 e. The molecule has 0 spiro atoms. The molecule has 0 radical (unpaired) electrons. The minimum Gasteiger partial charge on any atom is -0.389 e. The van der Waals surface area contributed by atoms with Gasteiger partial charge in [0.05, 0.1) is 36.6 Å². The lowest BCUT2D eigenvalue weighted by Crippen LogP contribution is -2.42. The fraction of sp³-hybridized carbons (Fsp3) is 0.500. The van der Waals surface area contributed by atoms with Gasteiger partial charge in [0.15, 0.2) is 11.2 Å². The third-order valence-corrected chi connectivity index (χ3v) is 6.99. The van der Waals surface area contributed by atoms with Crippen LogP contribution in [-0.4, -0.2) is 80.4 Å². The second-order valence-electron chi connectivity index (χ2n) is 10.0. The zero-order valence-corrected chi connectivity index (χ0v) is 20.8. The summed E-state index contributed by atoms with van der Waals surface area (Å²) in [5.41, 5.74) is 1.64.